The molecular weight excluding hydrogens is 270 g/mol. The van der Waals surface area contributed by atoms with Gasteiger partial charge in [0.1, 0.15) is 4.32 Å². The maximum Gasteiger partial charge on any atom is 0.237 e. The van der Waals surface area contributed by atoms with Crippen LogP contribution < -0.4 is 5.32 Å². The first-order chi connectivity index (χ1) is 8.65. The Hall–Kier alpha value is -1.08. The highest BCUT2D eigenvalue weighted by Gasteiger charge is 2.16. The van der Waals surface area contributed by atoms with Crippen LogP contribution in [-0.4, -0.2) is 39.1 Å². The van der Waals surface area contributed by atoms with Crippen LogP contribution in [0.25, 0.3) is 0 Å². The summed E-state index contributed by atoms with van der Waals surface area (Å²) in [4.78, 5) is 13.8. The Kier molecular flexibility index (Phi) is 4.60. The van der Waals surface area contributed by atoms with Crippen molar-refractivity contribution in [3.63, 3.8) is 0 Å². The Balaban J connectivity index is 1.72. The van der Waals surface area contributed by atoms with Gasteiger partial charge in [0.25, 0.3) is 0 Å². The number of aromatic nitrogens is 1. The third kappa shape index (κ3) is 3.71. The van der Waals surface area contributed by atoms with Crippen molar-refractivity contribution in [1.29, 1.82) is 0 Å². The van der Waals surface area contributed by atoms with E-state index in [-0.39, 0.29) is 5.91 Å². The summed E-state index contributed by atoms with van der Waals surface area (Å²) >= 11 is 6.67. The Morgan fingerprint density at radius 3 is 2.94 bits per heavy atom. The number of amides is 1. The number of nitrogens with zero attached hydrogens (tertiary/aromatic N) is 2. The Morgan fingerprint density at radius 1 is 1.61 bits per heavy atom. The fourth-order valence-corrected chi connectivity index (χ4v) is 2.77. The molecule has 98 valence electrons. The van der Waals surface area contributed by atoms with Crippen LogP contribution in [0, 0.1) is 6.92 Å². The number of thioether (sulfide) groups is 1. The molecule has 0 atom stereocenters. The standard InChI is InChI=1S/C11H15N3O2S2/c1-8-6-10(16-13-8)12-9(15)7-18-11(17)14-4-2-3-5-14/h6H,2-5,7H2,1H3,(H,12,15). The maximum atomic E-state index is 11.6. The number of likely N-dealkylation sites (tertiary alicyclic amines) is 1. The number of anilines is 1. The van der Waals surface area contributed by atoms with Crippen molar-refractivity contribution in [3.05, 3.63) is 11.8 Å². The van der Waals surface area contributed by atoms with E-state index in [9.17, 15) is 4.79 Å². The molecule has 2 rings (SSSR count). The maximum absolute atomic E-state index is 11.6. The van der Waals surface area contributed by atoms with Crippen LogP contribution in [0.5, 0.6) is 0 Å². The van der Waals surface area contributed by atoms with Crippen LogP contribution in [-0.2, 0) is 4.79 Å². The van der Waals surface area contributed by atoms with Gasteiger partial charge in [0.05, 0.1) is 11.4 Å². The van der Waals surface area contributed by atoms with Gasteiger partial charge >= 0.3 is 0 Å². The normalized spacial score (nSPS) is 14.8. The summed E-state index contributed by atoms with van der Waals surface area (Å²) in [5, 5.41) is 6.34. The molecule has 5 nitrogen and oxygen atoms in total. The summed E-state index contributed by atoms with van der Waals surface area (Å²) in [5.41, 5.74) is 0.741. The third-order valence-corrected chi connectivity index (χ3v) is 4.11. The SMILES string of the molecule is Cc1cc(NC(=O)CSC(=S)N2CCCC2)on1. The number of nitrogens with one attached hydrogen (secondary N) is 1. The largest absolute Gasteiger partial charge is 0.358 e. The molecular formula is C11H15N3O2S2. The lowest BCUT2D eigenvalue weighted by Gasteiger charge is -2.16. The lowest BCUT2D eigenvalue weighted by molar-refractivity contribution is -0.113. The minimum absolute atomic E-state index is 0.127. The van der Waals surface area contributed by atoms with Crippen LogP contribution in [0.15, 0.2) is 10.6 Å². The van der Waals surface area contributed by atoms with Gasteiger partial charge in [-0.15, -0.1) is 0 Å². The van der Waals surface area contributed by atoms with E-state index in [1.807, 2.05) is 0 Å². The molecule has 7 heteroatoms. The van der Waals surface area contributed by atoms with Gasteiger partial charge in [-0.25, -0.2) is 0 Å². The zero-order valence-corrected chi connectivity index (χ0v) is 11.8. The molecule has 1 aromatic heterocycles. The minimum atomic E-state index is -0.127. The van der Waals surface area contributed by atoms with Gasteiger partial charge in [0.15, 0.2) is 0 Å². The van der Waals surface area contributed by atoms with Crippen molar-refractivity contribution in [3.8, 4) is 0 Å². The van der Waals surface area contributed by atoms with E-state index in [4.69, 9.17) is 16.7 Å². The fraction of sp³-hybridized carbons (Fsp3) is 0.545. The molecule has 0 bridgehead atoms. The van der Waals surface area contributed by atoms with E-state index in [0.29, 0.717) is 11.6 Å². The van der Waals surface area contributed by atoms with E-state index in [2.05, 4.69) is 15.4 Å². The molecule has 1 aromatic rings. The van der Waals surface area contributed by atoms with E-state index < -0.39 is 0 Å². The van der Waals surface area contributed by atoms with Gasteiger partial charge in [-0.1, -0.05) is 29.1 Å². The average molecular weight is 285 g/mol. The summed E-state index contributed by atoms with van der Waals surface area (Å²) < 4.78 is 5.71. The van der Waals surface area contributed by atoms with Gasteiger partial charge in [0, 0.05) is 19.2 Å². The summed E-state index contributed by atoms with van der Waals surface area (Å²) in [6.45, 7) is 3.82. The number of carbonyl (C=O) groups excluding carboxylic acids is 1. The second kappa shape index (κ2) is 6.19. The molecule has 1 fully saturated rings. The Bertz CT molecular complexity index is 441. The van der Waals surface area contributed by atoms with Crippen molar-refractivity contribution in [2.24, 2.45) is 0 Å². The molecule has 0 aromatic carbocycles. The molecule has 0 spiro atoms. The van der Waals surface area contributed by atoms with Gasteiger partial charge in [-0.05, 0) is 19.8 Å². The number of thiocarbonyl (C=S) groups is 1. The van der Waals surface area contributed by atoms with Gasteiger partial charge in [0.2, 0.25) is 11.8 Å². The zero-order chi connectivity index (χ0) is 13.0. The van der Waals surface area contributed by atoms with E-state index in [0.717, 1.165) is 23.1 Å². The van der Waals surface area contributed by atoms with Crippen LogP contribution >= 0.6 is 24.0 Å². The first kappa shape index (κ1) is 13.4. The molecule has 0 unspecified atom stereocenters. The van der Waals surface area contributed by atoms with E-state index in [1.165, 1.54) is 24.6 Å². The number of aryl methyl sites for hydroxylation is 1. The molecule has 1 aliphatic rings. The van der Waals surface area contributed by atoms with Crippen LogP contribution in [0.2, 0.25) is 0 Å². The molecule has 1 amide bonds. The highest BCUT2D eigenvalue weighted by atomic mass is 32.2. The molecule has 1 saturated heterocycles. The Morgan fingerprint density at radius 2 is 2.33 bits per heavy atom. The third-order valence-electron chi connectivity index (χ3n) is 2.58. The van der Waals surface area contributed by atoms with Gasteiger partial charge in [-0.2, -0.15) is 0 Å². The van der Waals surface area contributed by atoms with Crippen molar-refractivity contribution in [1.82, 2.24) is 10.1 Å². The van der Waals surface area contributed by atoms with Crippen LogP contribution in [0.3, 0.4) is 0 Å². The van der Waals surface area contributed by atoms with Gasteiger partial charge in [-0.3, -0.25) is 10.1 Å². The predicted octanol–water partition coefficient (Wildman–Crippen LogP) is 2.04. The highest BCUT2D eigenvalue weighted by Crippen LogP contribution is 2.16. The number of carbonyl (C=O) groups is 1. The number of rotatable bonds is 3. The lowest BCUT2D eigenvalue weighted by atomic mass is 10.4. The van der Waals surface area contributed by atoms with Crippen LogP contribution in [0.4, 0.5) is 5.88 Å². The first-order valence-electron chi connectivity index (χ1n) is 5.80. The summed E-state index contributed by atoms with van der Waals surface area (Å²) in [6.07, 6.45) is 2.37. The molecule has 1 N–H and O–H groups in total. The predicted molar refractivity (Wildman–Crippen MR) is 75.7 cm³/mol. The fourth-order valence-electron chi connectivity index (χ4n) is 1.71. The minimum Gasteiger partial charge on any atom is -0.358 e. The monoisotopic (exact) mass is 285 g/mol. The highest BCUT2D eigenvalue weighted by molar-refractivity contribution is 8.23. The molecule has 0 saturated carbocycles. The van der Waals surface area contributed by atoms with Gasteiger partial charge < -0.3 is 9.42 Å². The quantitative estimate of drug-likeness (QED) is 0.858. The zero-order valence-electron chi connectivity index (χ0n) is 10.1. The van der Waals surface area contributed by atoms with E-state index >= 15 is 0 Å². The summed E-state index contributed by atoms with van der Waals surface area (Å²) in [5.74, 6) is 0.553. The smallest absolute Gasteiger partial charge is 0.237 e. The second-order valence-electron chi connectivity index (χ2n) is 4.13. The van der Waals surface area contributed by atoms with Crippen molar-refractivity contribution in [2.75, 3.05) is 24.2 Å². The van der Waals surface area contributed by atoms with Crippen LogP contribution in [0.1, 0.15) is 18.5 Å². The van der Waals surface area contributed by atoms with Crippen molar-refractivity contribution < 1.29 is 9.32 Å². The molecule has 0 aliphatic carbocycles. The van der Waals surface area contributed by atoms with Crippen molar-refractivity contribution in [2.45, 2.75) is 19.8 Å². The Labute approximate surface area is 115 Å². The first-order valence-corrected chi connectivity index (χ1v) is 7.19. The van der Waals surface area contributed by atoms with E-state index in [1.54, 1.807) is 13.0 Å². The lowest BCUT2D eigenvalue weighted by Crippen LogP contribution is -2.25. The average Bonchev–Trinajstić information content (AvgIpc) is 2.97. The molecule has 1 aliphatic heterocycles. The molecule has 0 radical (unpaired) electrons. The number of hydrogen-bond acceptors (Lipinski definition) is 5. The number of hydrogen-bond donors (Lipinski definition) is 1. The molecule has 2 heterocycles. The van der Waals surface area contributed by atoms with Crippen molar-refractivity contribution >= 4 is 40.1 Å². The topological polar surface area (TPSA) is 58.4 Å². The second-order valence-corrected chi connectivity index (χ2v) is 5.74. The summed E-state index contributed by atoms with van der Waals surface area (Å²) in [6, 6.07) is 1.68. The summed E-state index contributed by atoms with van der Waals surface area (Å²) in [7, 11) is 0. The molecule has 18 heavy (non-hydrogen) atoms.